The first-order chi connectivity index (χ1) is 12.7. The second kappa shape index (κ2) is 7.44. The van der Waals surface area contributed by atoms with Gasteiger partial charge in [-0.05, 0) is 38.5 Å². The summed E-state index contributed by atoms with van der Waals surface area (Å²) in [7, 11) is 0. The Kier molecular flexibility index (Phi) is 5.39. The van der Waals surface area contributed by atoms with E-state index in [1.165, 1.54) is 17.0 Å². The number of ether oxygens (including phenoxy) is 3. The van der Waals surface area contributed by atoms with Gasteiger partial charge in [-0.15, -0.1) is 0 Å². The molecule has 1 unspecified atom stereocenters. The largest absolute Gasteiger partial charge is 0.444 e. The Morgan fingerprint density at radius 2 is 1.81 bits per heavy atom. The van der Waals surface area contributed by atoms with Gasteiger partial charge in [-0.3, -0.25) is 9.69 Å². The average Bonchev–Trinajstić information content (AvgIpc) is 2.83. The Hall–Kier alpha value is -2.19. The summed E-state index contributed by atoms with van der Waals surface area (Å²) in [5, 5.41) is 2.92. The van der Waals surface area contributed by atoms with Gasteiger partial charge in [0.2, 0.25) is 0 Å². The van der Waals surface area contributed by atoms with Crippen LogP contribution in [0.1, 0.15) is 32.4 Å². The van der Waals surface area contributed by atoms with Crippen LogP contribution in [0.3, 0.4) is 0 Å². The van der Waals surface area contributed by atoms with Crippen LogP contribution >= 0.6 is 0 Å². The lowest BCUT2D eigenvalue weighted by molar-refractivity contribution is -0.146. The first-order valence-corrected chi connectivity index (χ1v) is 8.94. The number of hydrogen-bond donors (Lipinski definition) is 1. The van der Waals surface area contributed by atoms with Crippen molar-refractivity contribution in [1.82, 2.24) is 10.2 Å². The molecule has 0 aliphatic carbocycles. The Morgan fingerprint density at radius 3 is 2.37 bits per heavy atom. The molecule has 2 aliphatic heterocycles. The molecule has 8 heteroatoms. The van der Waals surface area contributed by atoms with E-state index in [9.17, 15) is 14.0 Å². The third-order valence-corrected chi connectivity index (χ3v) is 4.55. The van der Waals surface area contributed by atoms with E-state index in [1.54, 1.807) is 32.9 Å². The summed E-state index contributed by atoms with van der Waals surface area (Å²) >= 11 is 0. The SMILES string of the molecule is CC(C)(C)OC(=O)N1CC(c2ccc(F)cc2)NC(=O)C12COCCOC2. The lowest BCUT2D eigenvalue weighted by atomic mass is 9.91. The minimum absolute atomic E-state index is 0.0220. The number of amides is 2. The number of nitrogens with zero attached hydrogens (tertiary/aromatic N) is 1. The minimum Gasteiger partial charge on any atom is -0.444 e. The molecule has 0 radical (unpaired) electrons. The number of carbonyl (C=O) groups excluding carboxylic acids is 2. The lowest BCUT2D eigenvalue weighted by Gasteiger charge is -2.47. The van der Waals surface area contributed by atoms with Crippen molar-refractivity contribution in [1.29, 1.82) is 0 Å². The molecule has 2 aliphatic rings. The van der Waals surface area contributed by atoms with Crippen molar-refractivity contribution in [2.24, 2.45) is 0 Å². The Balaban J connectivity index is 1.93. The van der Waals surface area contributed by atoms with Crippen molar-refractivity contribution < 1.29 is 28.2 Å². The molecule has 1 aromatic carbocycles. The summed E-state index contributed by atoms with van der Waals surface area (Å²) in [6.07, 6.45) is -0.612. The number of nitrogens with one attached hydrogen (secondary N) is 1. The zero-order chi connectivity index (χ0) is 19.7. The van der Waals surface area contributed by atoms with Gasteiger partial charge in [0.25, 0.3) is 5.91 Å². The molecule has 2 saturated heterocycles. The molecule has 2 heterocycles. The van der Waals surface area contributed by atoms with E-state index in [0.29, 0.717) is 18.8 Å². The number of hydrogen-bond acceptors (Lipinski definition) is 5. The van der Waals surface area contributed by atoms with Crippen molar-refractivity contribution >= 4 is 12.0 Å². The van der Waals surface area contributed by atoms with Crippen LogP contribution in [-0.4, -0.2) is 61.0 Å². The second-order valence-electron chi connectivity index (χ2n) is 7.81. The van der Waals surface area contributed by atoms with E-state index >= 15 is 0 Å². The molecule has 2 fully saturated rings. The predicted molar refractivity (Wildman–Crippen MR) is 94.6 cm³/mol. The van der Waals surface area contributed by atoms with Crippen LogP contribution in [-0.2, 0) is 19.0 Å². The molecule has 1 spiro atoms. The number of rotatable bonds is 1. The monoisotopic (exact) mass is 380 g/mol. The Bertz CT molecular complexity index is 693. The van der Waals surface area contributed by atoms with Crippen LogP contribution in [0.25, 0.3) is 0 Å². The van der Waals surface area contributed by atoms with Crippen molar-refractivity contribution in [3.8, 4) is 0 Å². The second-order valence-corrected chi connectivity index (χ2v) is 7.81. The molecular formula is C19H25FN2O5. The predicted octanol–water partition coefficient (Wildman–Crippen LogP) is 2.02. The van der Waals surface area contributed by atoms with Crippen molar-refractivity contribution in [2.75, 3.05) is 33.0 Å². The number of carbonyl (C=O) groups is 2. The maximum absolute atomic E-state index is 13.2. The fourth-order valence-corrected chi connectivity index (χ4v) is 3.20. The van der Waals surface area contributed by atoms with Crippen molar-refractivity contribution in [3.63, 3.8) is 0 Å². The summed E-state index contributed by atoms with van der Waals surface area (Å²) in [4.78, 5) is 27.4. The first kappa shape index (κ1) is 19.6. The van der Waals surface area contributed by atoms with Crippen LogP contribution < -0.4 is 5.32 Å². The van der Waals surface area contributed by atoms with E-state index in [1.807, 2.05) is 0 Å². The standard InChI is InChI=1S/C19H25FN2O5/c1-18(2,3)27-17(24)22-10-15(13-4-6-14(20)7-5-13)21-16(23)19(22)11-25-8-9-26-12-19/h4-7,15H,8-12H2,1-3H3,(H,21,23). The number of halogens is 1. The molecule has 3 rings (SSSR count). The van der Waals surface area contributed by atoms with Crippen molar-refractivity contribution in [2.45, 2.75) is 38.0 Å². The van der Waals surface area contributed by atoms with Crippen LogP contribution in [0.4, 0.5) is 9.18 Å². The van der Waals surface area contributed by atoms with Gasteiger partial charge in [-0.2, -0.15) is 0 Å². The fourth-order valence-electron chi connectivity index (χ4n) is 3.20. The Morgan fingerprint density at radius 1 is 1.22 bits per heavy atom. The summed E-state index contributed by atoms with van der Waals surface area (Å²) in [5.41, 5.74) is -1.32. The maximum atomic E-state index is 13.2. The van der Waals surface area contributed by atoms with Gasteiger partial charge in [-0.25, -0.2) is 9.18 Å². The van der Waals surface area contributed by atoms with E-state index in [0.717, 1.165) is 0 Å². The molecule has 1 atom stereocenters. The van der Waals surface area contributed by atoms with Gasteiger partial charge >= 0.3 is 6.09 Å². The quantitative estimate of drug-likeness (QED) is 0.807. The molecule has 0 aromatic heterocycles. The third-order valence-electron chi connectivity index (χ3n) is 4.55. The highest BCUT2D eigenvalue weighted by molar-refractivity contribution is 5.92. The van der Waals surface area contributed by atoms with Gasteiger partial charge in [0, 0.05) is 6.54 Å². The fraction of sp³-hybridized carbons (Fsp3) is 0.579. The molecule has 1 N–H and O–H groups in total. The molecular weight excluding hydrogens is 355 g/mol. The minimum atomic E-state index is -1.30. The number of benzene rings is 1. The molecule has 1 aromatic rings. The first-order valence-electron chi connectivity index (χ1n) is 8.94. The highest BCUT2D eigenvalue weighted by atomic mass is 19.1. The topological polar surface area (TPSA) is 77.1 Å². The van der Waals surface area contributed by atoms with Crippen LogP contribution in [0, 0.1) is 5.82 Å². The molecule has 7 nitrogen and oxygen atoms in total. The molecule has 0 bridgehead atoms. The highest BCUT2D eigenvalue weighted by Crippen LogP contribution is 2.31. The zero-order valence-electron chi connectivity index (χ0n) is 15.8. The maximum Gasteiger partial charge on any atom is 0.411 e. The van der Waals surface area contributed by atoms with Gasteiger partial charge in [0.05, 0.1) is 32.5 Å². The highest BCUT2D eigenvalue weighted by Gasteiger charge is 2.53. The van der Waals surface area contributed by atoms with E-state index in [2.05, 4.69) is 5.32 Å². The van der Waals surface area contributed by atoms with E-state index < -0.39 is 23.3 Å². The molecule has 148 valence electrons. The van der Waals surface area contributed by atoms with Gasteiger partial charge in [0.15, 0.2) is 5.54 Å². The lowest BCUT2D eigenvalue weighted by Crippen LogP contribution is -2.71. The number of piperazine rings is 1. The van der Waals surface area contributed by atoms with E-state index in [-0.39, 0.29) is 31.5 Å². The third kappa shape index (κ3) is 4.22. The van der Waals surface area contributed by atoms with Gasteiger partial charge in [-0.1, -0.05) is 12.1 Å². The van der Waals surface area contributed by atoms with Crippen LogP contribution in [0.5, 0.6) is 0 Å². The van der Waals surface area contributed by atoms with Crippen molar-refractivity contribution in [3.05, 3.63) is 35.6 Å². The molecule has 2 amide bonds. The average molecular weight is 380 g/mol. The Labute approximate surface area is 157 Å². The zero-order valence-corrected chi connectivity index (χ0v) is 15.8. The summed E-state index contributed by atoms with van der Waals surface area (Å²) in [6, 6.07) is 5.33. The van der Waals surface area contributed by atoms with Gasteiger partial charge < -0.3 is 19.5 Å². The summed E-state index contributed by atoms with van der Waals surface area (Å²) < 4.78 is 29.9. The normalized spacial score (nSPS) is 22.9. The molecule has 0 saturated carbocycles. The smallest absolute Gasteiger partial charge is 0.411 e. The van der Waals surface area contributed by atoms with E-state index in [4.69, 9.17) is 14.2 Å². The van der Waals surface area contributed by atoms with Crippen LogP contribution in [0.2, 0.25) is 0 Å². The molecule has 27 heavy (non-hydrogen) atoms. The van der Waals surface area contributed by atoms with Crippen LogP contribution in [0.15, 0.2) is 24.3 Å². The van der Waals surface area contributed by atoms with Gasteiger partial charge in [0.1, 0.15) is 11.4 Å². The summed E-state index contributed by atoms with van der Waals surface area (Å²) in [5.74, 6) is -0.747. The summed E-state index contributed by atoms with van der Waals surface area (Å²) in [6.45, 7) is 6.19.